The average molecular weight is 344 g/mol. The lowest BCUT2D eigenvalue weighted by Gasteiger charge is -2.18. The van der Waals surface area contributed by atoms with E-state index < -0.39 is 0 Å². The van der Waals surface area contributed by atoms with Crippen molar-refractivity contribution in [3.8, 4) is 0 Å². The predicted molar refractivity (Wildman–Crippen MR) is 92.5 cm³/mol. The minimum absolute atomic E-state index is 0.0247. The van der Waals surface area contributed by atoms with E-state index in [-0.39, 0.29) is 43.4 Å². The molecule has 2 rings (SSSR count). The molecule has 2 fully saturated rings. The van der Waals surface area contributed by atoms with Crippen LogP contribution in [0.15, 0.2) is 0 Å². The maximum Gasteiger partial charge on any atom is 0.457 e. The van der Waals surface area contributed by atoms with Crippen molar-refractivity contribution in [3.05, 3.63) is 0 Å². The molecule has 23 heavy (non-hydrogen) atoms. The Bertz CT molecular complexity index is 370. The first-order chi connectivity index (χ1) is 11.2. The highest BCUT2D eigenvalue weighted by molar-refractivity contribution is 7.99. The molecule has 0 aliphatic carbocycles. The SMILES string of the molecule is CCCCCCCSC1OC(COC(C)=O)C2OB(CC)OC12. The molecule has 132 valence electrons. The van der Waals surface area contributed by atoms with Crippen LogP contribution >= 0.6 is 11.8 Å². The van der Waals surface area contributed by atoms with Crippen LogP contribution in [-0.2, 0) is 23.6 Å². The van der Waals surface area contributed by atoms with Gasteiger partial charge in [0.05, 0.1) is 0 Å². The molecular weight excluding hydrogens is 315 g/mol. The van der Waals surface area contributed by atoms with Gasteiger partial charge in [-0.3, -0.25) is 4.79 Å². The van der Waals surface area contributed by atoms with Gasteiger partial charge in [-0.05, 0) is 18.5 Å². The zero-order chi connectivity index (χ0) is 16.7. The number of hydrogen-bond donors (Lipinski definition) is 0. The van der Waals surface area contributed by atoms with Crippen LogP contribution in [0.2, 0.25) is 6.32 Å². The zero-order valence-corrected chi connectivity index (χ0v) is 15.3. The molecule has 4 atom stereocenters. The Morgan fingerprint density at radius 2 is 1.87 bits per heavy atom. The fourth-order valence-corrected chi connectivity index (χ4v) is 4.18. The van der Waals surface area contributed by atoms with Gasteiger partial charge in [0.25, 0.3) is 0 Å². The van der Waals surface area contributed by atoms with Crippen molar-refractivity contribution in [2.24, 2.45) is 0 Å². The third kappa shape index (κ3) is 5.66. The third-order valence-corrected chi connectivity index (χ3v) is 5.43. The number of ether oxygens (including phenoxy) is 2. The number of carbonyl (C=O) groups is 1. The van der Waals surface area contributed by atoms with Crippen LogP contribution in [0.5, 0.6) is 0 Å². The Morgan fingerprint density at radius 3 is 2.57 bits per heavy atom. The molecule has 0 radical (unpaired) electrons. The van der Waals surface area contributed by atoms with E-state index in [1.54, 1.807) is 11.8 Å². The van der Waals surface area contributed by atoms with Crippen LogP contribution < -0.4 is 0 Å². The Morgan fingerprint density at radius 1 is 1.13 bits per heavy atom. The second-order valence-corrected chi connectivity index (χ2v) is 7.38. The minimum atomic E-state index is -0.289. The highest BCUT2D eigenvalue weighted by atomic mass is 32.2. The van der Waals surface area contributed by atoms with Gasteiger partial charge in [-0.25, -0.2) is 0 Å². The smallest absolute Gasteiger partial charge is 0.457 e. The first-order valence-corrected chi connectivity index (χ1v) is 9.91. The van der Waals surface area contributed by atoms with E-state index in [1.165, 1.54) is 39.0 Å². The molecule has 4 unspecified atom stereocenters. The lowest BCUT2D eigenvalue weighted by molar-refractivity contribution is -0.145. The van der Waals surface area contributed by atoms with Crippen molar-refractivity contribution < 1.29 is 23.6 Å². The first kappa shape index (κ1) is 19.1. The van der Waals surface area contributed by atoms with Crippen LogP contribution in [0.1, 0.15) is 52.9 Å². The summed E-state index contributed by atoms with van der Waals surface area (Å²) in [4.78, 5) is 11.0. The molecule has 0 aromatic heterocycles. The van der Waals surface area contributed by atoms with E-state index in [0.717, 1.165) is 12.1 Å². The first-order valence-electron chi connectivity index (χ1n) is 8.87. The lowest BCUT2D eigenvalue weighted by atomic mass is 9.87. The maximum atomic E-state index is 11.0. The molecule has 2 saturated heterocycles. The van der Waals surface area contributed by atoms with Crippen molar-refractivity contribution in [3.63, 3.8) is 0 Å². The highest BCUT2D eigenvalue weighted by Gasteiger charge is 2.53. The molecule has 2 aliphatic rings. The van der Waals surface area contributed by atoms with E-state index in [0.29, 0.717) is 0 Å². The van der Waals surface area contributed by atoms with Gasteiger partial charge in [-0.15, -0.1) is 11.8 Å². The molecule has 0 saturated carbocycles. The number of hydrogen-bond acceptors (Lipinski definition) is 6. The molecule has 0 N–H and O–H groups in total. The predicted octanol–water partition coefficient (Wildman–Crippen LogP) is 3.27. The second kappa shape index (κ2) is 9.92. The van der Waals surface area contributed by atoms with Crippen LogP contribution in [0.4, 0.5) is 0 Å². The average Bonchev–Trinajstić information content (AvgIpc) is 3.08. The molecule has 2 aliphatic heterocycles. The summed E-state index contributed by atoms with van der Waals surface area (Å²) in [6.45, 7) is 5.93. The largest absolute Gasteiger partial charge is 0.463 e. The van der Waals surface area contributed by atoms with Gasteiger partial charge in [-0.1, -0.05) is 39.5 Å². The lowest BCUT2D eigenvalue weighted by Crippen LogP contribution is -2.32. The topological polar surface area (TPSA) is 54.0 Å². The normalized spacial score (nSPS) is 29.8. The Hall–Kier alpha value is -0.235. The summed E-state index contributed by atoms with van der Waals surface area (Å²) in [6.07, 6.45) is 6.78. The number of unbranched alkanes of at least 4 members (excludes halogenated alkanes) is 4. The van der Waals surface area contributed by atoms with Gasteiger partial charge >= 0.3 is 13.1 Å². The Balaban J connectivity index is 1.78. The fraction of sp³-hybridized carbons (Fsp3) is 0.938. The van der Waals surface area contributed by atoms with Crippen molar-refractivity contribution in [1.82, 2.24) is 0 Å². The van der Waals surface area contributed by atoms with Gasteiger partial charge in [0, 0.05) is 6.92 Å². The van der Waals surface area contributed by atoms with E-state index in [4.69, 9.17) is 18.8 Å². The van der Waals surface area contributed by atoms with E-state index in [2.05, 4.69) is 6.92 Å². The zero-order valence-electron chi connectivity index (χ0n) is 14.5. The van der Waals surface area contributed by atoms with Gasteiger partial charge in [0.1, 0.15) is 30.4 Å². The summed E-state index contributed by atoms with van der Waals surface area (Å²) in [6, 6.07) is 0. The molecule has 7 heteroatoms. The van der Waals surface area contributed by atoms with Crippen LogP contribution in [0, 0.1) is 0 Å². The summed E-state index contributed by atoms with van der Waals surface area (Å²) in [5.41, 5.74) is -0.0247. The summed E-state index contributed by atoms with van der Waals surface area (Å²) in [5.74, 6) is 0.779. The van der Waals surface area contributed by atoms with Crippen LogP contribution in [0.25, 0.3) is 0 Å². The van der Waals surface area contributed by atoms with Gasteiger partial charge in [0.15, 0.2) is 0 Å². The molecule has 0 aromatic carbocycles. The molecule has 0 spiro atoms. The van der Waals surface area contributed by atoms with Crippen molar-refractivity contribution >= 4 is 24.8 Å². The van der Waals surface area contributed by atoms with E-state index in [1.807, 2.05) is 6.92 Å². The van der Waals surface area contributed by atoms with E-state index >= 15 is 0 Å². The summed E-state index contributed by atoms with van der Waals surface area (Å²) in [5, 5.41) is 0. The highest BCUT2D eigenvalue weighted by Crippen LogP contribution is 2.38. The molecule has 0 aromatic rings. The van der Waals surface area contributed by atoms with Gasteiger partial charge in [0.2, 0.25) is 0 Å². The van der Waals surface area contributed by atoms with Crippen molar-refractivity contribution in [2.75, 3.05) is 12.4 Å². The molecule has 5 nitrogen and oxygen atoms in total. The van der Waals surface area contributed by atoms with Crippen LogP contribution in [0.3, 0.4) is 0 Å². The molecular formula is C16H29BO5S. The van der Waals surface area contributed by atoms with Gasteiger partial charge < -0.3 is 18.8 Å². The van der Waals surface area contributed by atoms with Crippen molar-refractivity contribution in [1.29, 1.82) is 0 Å². The number of rotatable bonds is 10. The number of carbonyl (C=O) groups excluding carboxylic acids is 1. The molecule has 0 amide bonds. The van der Waals surface area contributed by atoms with Gasteiger partial charge in [-0.2, -0.15) is 0 Å². The Labute approximate surface area is 144 Å². The minimum Gasteiger partial charge on any atom is -0.463 e. The Kier molecular flexibility index (Phi) is 8.23. The standard InChI is InChI=1S/C16H29BO5S/c1-4-6-7-8-9-10-23-16-15-14(21-17(5-2)22-15)13(20-16)11-19-12(3)18/h13-16H,4-11H2,1-3H3. The quantitative estimate of drug-likeness (QED) is 0.344. The summed E-state index contributed by atoms with van der Waals surface area (Å²) in [7, 11) is -0.165. The van der Waals surface area contributed by atoms with Crippen molar-refractivity contribution in [2.45, 2.75) is 82.9 Å². The number of esters is 1. The summed E-state index contributed by atoms with van der Waals surface area (Å²) < 4.78 is 23.0. The second-order valence-electron chi connectivity index (χ2n) is 6.17. The third-order valence-electron chi connectivity index (χ3n) is 4.20. The maximum absolute atomic E-state index is 11.0. The number of fused-ring (bicyclic) bond motifs is 1. The monoisotopic (exact) mass is 344 g/mol. The van der Waals surface area contributed by atoms with Crippen LogP contribution in [-0.4, -0.2) is 49.2 Å². The molecule has 0 bridgehead atoms. The number of thioether (sulfide) groups is 1. The summed E-state index contributed by atoms with van der Waals surface area (Å²) >= 11 is 1.80. The fourth-order valence-electron chi connectivity index (χ4n) is 2.95. The molecule has 2 heterocycles. The van der Waals surface area contributed by atoms with E-state index in [9.17, 15) is 4.79 Å².